The summed E-state index contributed by atoms with van der Waals surface area (Å²) in [6, 6.07) is 8.22. The fraction of sp³-hybridized carbons (Fsp3) is 0.571. The monoisotopic (exact) mass is 234 g/mol. The topological polar surface area (TPSA) is 44.3 Å². The number of piperidine rings is 1. The number of aryl methyl sites for hydroxylation is 1. The van der Waals surface area contributed by atoms with E-state index in [4.69, 9.17) is 0 Å². The highest BCUT2D eigenvalue weighted by Crippen LogP contribution is 2.11. The third kappa shape index (κ3) is 4.36. The van der Waals surface area contributed by atoms with Crippen LogP contribution in [0.4, 0.5) is 0 Å². The molecule has 0 aromatic heterocycles. The molecule has 0 atom stereocenters. The van der Waals surface area contributed by atoms with Crippen molar-refractivity contribution in [3.05, 3.63) is 29.8 Å². The van der Waals surface area contributed by atoms with E-state index in [9.17, 15) is 5.11 Å². The standard InChI is InChI=1S/C14H22N2O/c17-14-5-3-12(4-6-14)2-1-9-16-13-7-10-15-11-8-13/h3-6,13,15-17H,1-2,7-11H2. The normalized spacial score (nSPS) is 17.2. The van der Waals surface area contributed by atoms with Crippen molar-refractivity contribution >= 4 is 0 Å². The van der Waals surface area contributed by atoms with Crippen molar-refractivity contribution in [1.82, 2.24) is 10.6 Å². The van der Waals surface area contributed by atoms with Gasteiger partial charge in [0.15, 0.2) is 0 Å². The summed E-state index contributed by atoms with van der Waals surface area (Å²) in [5, 5.41) is 16.2. The molecule has 1 aromatic carbocycles. The molecule has 0 radical (unpaired) electrons. The van der Waals surface area contributed by atoms with Crippen LogP contribution in [-0.2, 0) is 6.42 Å². The lowest BCUT2D eigenvalue weighted by Gasteiger charge is -2.23. The van der Waals surface area contributed by atoms with Gasteiger partial charge in [0.1, 0.15) is 5.75 Å². The Kier molecular flexibility index (Phi) is 4.83. The molecular weight excluding hydrogens is 212 g/mol. The largest absolute Gasteiger partial charge is 0.508 e. The van der Waals surface area contributed by atoms with E-state index >= 15 is 0 Å². The Balaban J connectivity index is 1.60. The molecule has 1 aromatic rings. The molecule has 2 rings (SSSR count). The van der Waals surface area contributed by atoms with Gasteiger partial charge in [-0.2, -0.15) is 0 Å². The van der Waals surface area contributed by atoms with Crippen molar-refractivity contribution in [3.8, 4) is 5.75 Å². The Morgan fingerprint density at radius 2 is 1.88 bits per heavy atom. The molecule has 1 aliphatic rings. The van der Waals surface area contributed by atoms with Gasteiger partial charge in [0, 0.05) is 6.04 Å². The quantitative estimate of drug-likeness (QED) is 0.679. The Hall–Kier alpha value is -1.06. The van der Waals surface area contributed by atoms with E-state index < -0.39 is 0 Å². The molecule has 1 saturated heterocycles. The average molecular weight is 234 g/mol. The molecule has 0 spiro atoms. The van der Waals surface area contributed by atoms with E-state index in [1.807, 2.05) is 12.1 Å². The van der Waals surface area contributed by atoms with Crippen LogP contribution in [0.5, 0.6) is 5.75 Å². The number of hydrogen-bond acceptors (Lipinski definition) is 3. The molecule has 3 N–H and O–H groups in total. The van der Waals surface area contributed by atoms with E-state index in [0.717, 1.165) is 32.5 Å². The first kappa shape index (κ1) is 12.4. The first-order valence-electron chi connectivity index (χ1n) is 6.56. The Morgan fingerprint density at radius 1 is 1.18 bits per heavy atom. The summed E-state index contributed by atoms with van der Waals surface area (Å²) in [5.74, 6) is 0.349. The number of benzene rings is 1. The molecule has 0 bridgehead atoms. The molecule has 0 saturated carbocycles. The van der Waals surface area contributed by atoms with E-state index in [2.05, 4.69) is 10.6 Å². The van der Waals surface area contributed by atoms with Crippen LogP contribution in [0.2, 0.25) is 0 Å². The lowest BCUT2D eigenvalue weighted by Crippen LogP contribution is -2.40. The zero-order chi connectivity index (χ0) is 11.9. The first-order chi connectivity index (χ1) is 8.34. The number of hydrogen-bond donors (Lipinski definition) is 3. The second-order valence-electron chi connectivity index (χ2n) is 4.75. The highest BCUT2D eigenvalue weighted by molar-refractivity contribution is 5.25. The second kappa shape index (κ2) is 6.62. The molecule has 3 heteroatoms. The summed E-state index contributed by atoms with van der Waals surface area (Å²) in [5.41, 5.74) is 1.30. The predicted octanol–water partition coefficient (Wildman–Crippen LogP) is 1.67. The van der Waals surface area contributed by atoms with Crippen LogP contribution in [0, 0.1) is 0 Å². The van der Waals surface area contributed by atoms with Crippen molar-refractivity contribution in [2.24, 2.45) is 0 Å². The van der Waals surface area contributed by atoms with E-state index in [0.29, 0.717) is 11.8 Å². The van der Waals surface area contributed by atoms with Crippen LogP contribution in [-0.4, -0.2) is 30.8 Å². The van der Waals surface area contributed by atoms with Gasteiger partial charge in [-0.25, -0.2) is 0 Å². The molecule has 94 valence electrons. The minimum absolute atomic E-state index is 0.349. The van der Waals surface area contributed by atoms with Crippen molar-refractivity contribution in [1.29, 1.82) is 0 Å². The lowest BCUT2D eigenvalue weighted by atomic mass is 10.1. The van der Waals surface area contributed by atoms with Gasteiger partial charge < -0.3 is 15.7 Å². The lowest BCUT2D eigenvalue weighted by molar-refractivity contribution is 0.386. The summed E-state index contributed by atoms with van der Waals surface area (Å²) in [7, 11) is 0. The van der Waals surface area contributed by atoms with Crippen LogP contribution in [0.1, 0.15) is 24.8 Å². The smallest absolute Gasteiger partial charge is 0.115 e. The van der Waals surface area contributed by atoms with Crippen molar-refractivity contribution < 1.29 is 5.11 Å². The molecule has 1 heterocycles. The van der Waals surface area contributed by atoms with Crippen LogP contribution < -0.4 is 10.6 Å². The number of aromatic hydroxyl groups is 1. The molecule has 0 amide bonds. The van der Waals surface area contributed by atoms with Crippen LogP contribution in [0.3, 0.4) is 0 Å². The number of phenolic OH excluding ortho intramolecular Hbond substituents is 1. The van der Waals surface area contributed by atoms with Crippen LogP contribution in [0.15, 0.2) is 24.3 Å². The van der Waals surface area contributed by atoms with Gasteiger partial charge in [-0.3, -0.25) is 0 Å². The zero-order valence-corrected chi connectivity index (χ0v) is 10.3. The highest BCUT2D eigenvalue weighted by atomic mass is 16.3. The van der Waals surface area contributed by atoms with Gasteiger partial charge >= 0.3 is 0 Å². The molecule has 3 nitrogen and oxygen atoms in total. The summed E-state index contributed by atoms with van der Waals surface area (Å²) in [6.45, 7) is 3.39. The third-order valence-electron chi connectivity index (χ3n) is 3.35. The predicted molar refractivity (Wildman–Crippen MR) is 70.3 cm³/mol. The maximum atomic E-state index is 9.18. The van der Waals surface area contributed by atoms with Gasteiger partial charge in [0.2, 0.25) is 0 Å². The Labute approximate surface area is 103 Å². The molecule has 17 heavy (non-hydrogen) atoms. The van der Waals surface area contributed by atoms with Crippen LogP contribution >= 0.6 is 0 Å². The Bertz CT molecular complexity index is 317. The molecule has 1 fully saturated rings. The molecular formula is C14H22N2O. The second-order valence-corrected chi connectivity index (χ2v) is 4.75. The summed E-state index contributed by atoms with van der Waals surface area (Å²) >= 11 is 0. The summed E-state index contributed by atoms with van der Waals surface area (Å²) < 4.78 is 0. The van der Waals surface area contributed by atoms with Gasteiger partial charge in [-0.15, -0.1) is 0 Å². The first-order valence-corrected chi connectivity index (χ1v) is 6.56. The van der Waals surface area contributed by atoms with Crippen molar-refractivity contribution in [3.63, 3.8) is 0 Å². The minimum Gasteiger partial charge on any atom is -0.508 e. The number of rotatable bonds is 5. The van der Waals surface area contributed by atoms with E-state index in [-0.39, 0.29) is 0 Å². The summed E-state index contributed by atoms with van der Waals surface area (Å²) in [4.78, 5) is 0. The van der Waals surface area contributed by atoms with E-state index in [1.54, 1.807) is 12.1 Å². The zero-order valence-electron chi connectivity index (χ0n) is 10.3. The molecule has 0 unspecified atom stereocenters. The maximum Gasteiger partial charge on any atom is 0.115 e. The molecule has 0 aliphatic carbocycles. The Morgan fingerprint density at radius 3 is 2.59 bits per heavy atom. The minimum atomic E-state index is 0.349. The fourth-order valence-corrected chi connectivity index (χ4v) is 2.29. The van der Waals surface area contributed by atoms with Crippen molar-refractivity contribution in [2.45, 2.75) is 31.7 Å². The van der Waals surface area contributed by atoms with Crippen molar-refractivity contribution in [2.75, 3.05) is 19.6 Å². The highest BCUT2D eigenvalue weighted by Gasteiger charge is 2.10. The van der Waals surface area contributed by atoms with E-state index in [1.165, 1.54) is 18.4 Å². The average Bonchev–Trinajstić information content (AvgIpc) is 2.38. The SMILES string of the molecule is Oc1ccc(CCCNC2CCNCC2)cc1. The number of nitrogens with one attached hydrogen (secondary N) is 2. The molecule has 1 aliphatic heterocycles. The maximum absolute atomic E-state index is 9.18. The van der Waals surface area contributed by atoms with Gasteiger partial charge in [0.25, 0.3) is 0 Å². The van der Waals surface area contributed by atoms with Gasteiger partial charge in [-0.1, -0.05) is 12.1 Å². The third-order valence-corrected chi connectivity index (χ3v) is 3.35. The summed E-state index contributed by atoms with van der Waals surface area (Å²) in [6.07, 6.45) is 4.74. The number of phenols is 1. The van der Waals surface area contributed by atoms with Gasteiger partial charge in [-0.05, 0) is 63.0 Å². The van der Waals surface area contributed by atoms with Gasteiger partial charge in [0.05, 0.1) is 0 Å². The fourth-order valence-electron chi connectivity index (χ4n) is 2.29. The van der Waals surface area contributed by atoms with Crippen LogP contribution in [0.25, 0.3) is 0 Å².